The molecule has 0 spiro atoms. The lowest BCUT2D eigenvalue weighted by molar-refractivity contribution is -0.116. The molecule has 0 fully saturated rings. The maximum Gasteiger partial charge on any atom is 0.251 e. The normalized spacial score (nSPS) is 10.1. The Hall–Kier alpha value is -3.35. The van der Waals surface area contributed by atoms with E-state index >= 15 is 0 Å². The minimum Gasteiger partial charge on any atom is -0.376 e. The van der Waals surface area contributed by atoms with E-state index in [1.807, 2.05) is 0 Å². The van der Waals surface area contributed by atoms with Crippen LogP contribution in [-0.2, 0) is 9.59 Å². The van der Waals surface area contributed by atoms with E-state index in [4.69, 9.17) is 0 Å². The summed E-state index contributed by atoms with van der Waals surface area (Å²) in [7, 11) is 0. The van der Waals surface area contributed by atoms with E-state index in [0.717, 1.165) is 18.5 Å². The Morgan fingerprint density at radius 2 is 1.31 bits per heavy atom. The Morgan fingerprint density at radius 1 is 0.759 bits per heavy atom. The molecule has 0 bridgehead atoms. The Kier molecular flexibility index (Phi) is 8.69. The van der Waals surface area contributed by atoms with Gasteiger partial charge in [-0.05, 0) is 55.0 Å². The topological polar surface area (TPSA) is 99.3 Å². The molecule has 0 radical (unpaired) electrons. The lowest BCUT2D eigenvalue weighted by Gasteiger charge is -2.10. The van der Waals surface area contributed by atoms with Gasteiger partial charge in [-0.15, -0.1) is 0 Å². The van der Waals surface area contributed by atoms with Gasteiger partial charge in [0, 0.05) is 35.6 Å². The van der Waals surface area contributed by atoms with Crippen LogP contribution in [0, 0.1) is 0 Å². The number of nitrogens with one attached hydrogen (secondary N) is 4. The van der Waals surface area contributed by atoms with E-state index in [-0.39, 0.29) is 24.3 Å². The van der Waals surface area contributed by atoms with Crippen molar-refractivity contribution in [1.29, 1.82) is 0 Å². The van der Waals surface area contributed by atoms with Gasteiger partial charge in [-0.2, -0.15) is 0 Å². The summed E-state index contributed by atoms with van der Waals surface area (Å²) in [5, 5.41) is 11.4. The molecular weight excluding hydrogens is 368 g/mol. The first-order chi connectivity index (χ1) is 14.0. The molecule has 0 aliphatic rings. The maximum atomic E-state index is 12.1. The van der Waals surface area contributed by atoms with Crippen LogP contribution in [0.3, 0.4) is 0 Å². The Morgan fingerprint density at radius 3 is 1.86 bits per heavy atom. The number of unbranched alkanes of at least 4 members (excludes halogenated alkanes) is 1. The zero-order chi connectivity index (χ0) is 21.1. The first-order valence-electron chi connectivity index (χ1n) is 9.83. The number of carbonyl (C=O) groups excluding carboxylic acids is 3. The van der Waals surface area contributed by atoms with Gasteiger partial charge in [0.1, 0.15) is 0 Å². The third kappa shape index (κ3) is 7.65. The number of hydrogen-bond donors (Lipinski definition) is 4. The van der Waals surface area contributed by atoms with E-state index in [2.05, 4.69) is 28.2 Å². The maximum absolute atomic E-state index is 12.1. The van der Waals surface area contributed by atoms with Gasteiger partial charge in [0.25, 0.3) is 5.91 Å². The Labute approximate surface area is 171 Å². The fraction of sp³-hybridized carbons (Fsp3) is 0.318. The van der Waals surface area contributed by atoms with Gasteiger partial charge in [-0.1, -0.05) is 20.3 Å². The summed E-state index contributed by atoms with van der Waals surface area (Å²) >= 11 is 0. The molecule has 0 saturated carbocycles. The molecule has 2 rings (SSSR count). The summed E-state index contributed by atoms with van der Waals surface area (Å²) in [5.74, 6) is -0.353. The molecule has 2 aromatic carbocycles. The minimum absolute atomic E-state index is 0.0598. The van der Waals surface area contributed by atoms with Crippen LogP contribution in [0.1, 0.15) is 43.5 Å². The number of benzene rings is 2. The summed E-state index contributed by atoms with van der Waals surface area (Å²) in [6, 6.07) is 13.9. The fourth-order valence-corrected chi connectivity index (χ4v) is 2.49. The van der Waals surface area contributed by atoms with Gasteiger partial charge < -0.3 is 21.3 Å². The van der Waals surface area contributed by atoms with Crippen molar-refractivity contribution in [3.8, 4) is 0 Å². The molecule has 0 aliphatic heterocycles. The standard InChI is InChI=1S/C22H28N4O3/c1-3-5-14-23-22(29)16-6-8-17(9-7-16)24-15-21(28)26-19-12-10-18(11-13-19)25-20(27)4-2/h6-13,24H,3-5,14-15H2,1-2H3,(H,23,29)(H,25,27)(H,26,28). The molecule has 7 nitrogen and oxygen atoms in total. The van der Waals surface area contributed by atoms with Gasteiger partial charge in [-0.25, -0.2) is 0 Å². The molecule has 0 atom stereocenters. The molecule has 154 valence electrons. The fourth-order valence-electron chi connectivity index (χ4n) is 2.49. The van der Waals surface area contributed by atoms with Crippen LogP contribution in [0.4, 0.5) is 17.1 Å². The molecule has 0 saturated heterocycles. The smallest absolute Gasteiger partial charge is 0.251 e. The van der Waals surface area contributed by atoms with Crippen LogP contribution in [-0.4, -0.2) is 30.8 Å². The van der Waals surface area contributed by atoms with Crippen LogP contribution in [0.25, 0.3) is 0 Å². The first kappa shape index (κ1) is 21.9. The van der Waals surface area contributed by atoms with Gasteiger partial charge in [0.05, 0.1) is 6.54 Å². The van der Waals surface area contributed by atoms with Gasteiger partial charge in [0.2, 0.25) is 11.8 Å². The van der Waals surface area contributed by atoms with Crippen LogP contribution in [0.5, 0.6) is 0 Å². The van der Waals surface area contributed by atoms with Gasteiger partial charge >= 0.3 is 0 Å². The van der Waals surface area contributed by atoms with E-state index in [9.17, 15) is 14.4 Å². The van der Waals surface area contributed by atoms with Crippen LogP contribution < -0.4 is 21.3 Å². The van der Waals surface area contributed by atoms with Crippen LogP contribution in [0.2, 0.25) is 0 Å². The van der Waals surface area contributed by atoms with Crippen molar-refractivity contribution in [2.45, 2.75) is 33.1 Å². The van der Waals surface area contributed by atoms with Crippen molar-refractivity contribution >= 4 is 34.8 Å². The van der Waals surface area contributed by atoms with Gasteiger partial charge in [0.15, 0.2) is 0 Å². The van der Waals surface area contributed by atoms with E-state index in [1.165, 1.54) is 0 Å². The molecule has 3 amide bonds. The summed E-state index contributed by atoms with van der Waals surface area (Å²) < 4.78 is 0. The number of amides is 3. The Balaban J connectivity index is 1.78. The highest BCUT2D eigenvalue weighted by atomic mass is 16.2. The van der Waals surface area contributed by atoms with Crippen molar-refractivity contribution in [1.82, 2.24) is 5.32 Å². The van der Waals surface area contributed by atoms with Gasteiger partial charge in [-0.3, -0.25) is 14.4 Å². The lowest BCUT2D eigenvalue weighted by Crippen LogP contribution is -2.24. The summed E-state index contributed by atoms with van der Waals surface area (Å²) in [5.41, 5.74) is 2.67. The van der Waals surface area contributed by atoms with E-state index < -0.39 is 0 Å². The number of anilines is 3. The molecule has 7 heteroatoms. The average Bonchev–Trinajstić information content (AvgIpc) is 2.74. The summed E-state index contributed by atoms with van der Waals surface area (Å²) in [4.78, 5) is 35.5. The average molecular weight is 396 g/mol. The molecule has 29 heavy (non-hydrogen) atoms. The second-order valence-corrected chi connectivity index (χ2v) is 6.57. The van der Waals surface area contributed by atoms with E-state index in [0.29, 0.717) is 29.9 Å². The zero-order valence-electron chi connectivity index (χ0n) is 16.9. The predicted molar refractivity (Wildman–Crippen MR) is 116 cm³/mol. The Bertz CT molecular complexity index is 817. The van der Waals surface area contributed by atoms with Crippen molar-refractivity contribution in [3.05, 3.63) is 54.1 Å². The van der Waals surface area contributed by atoms with Crippen LogP contribution in [0.15, 0.2) is 48.5 Å². The largest absolute Gasteiger partial charge is 0.376 e. The first-order valence-corrected chi connectivity index (χ1v) is 9.83. The summed E-state index contributed by atoms with van der Waals surface area (Å²) in [6.45, 7) is 4.62. The molecular formula is C22H28N4O3. The lowest BCUT2D eigenvalue weighted by atomic mass is 10.2. The second-order valence-electron chi connectivity index (χ2n) is 6.57. The number of rotatable bonds is 10. The molecule has 0 unspecified atom stereocenters. The third-order valence-corrected chi connectivity index (χ3v) is 4.19. The predicted octanol–water partition coefficient (Wildman–Crippen LogP) is 3.62. The highest BCUT2D eigenvalue weighted by Crippen LogP contribution is 2.14. The second kappa shape index (κ2) is 11.5. The highest BCUT2D eigenvalue weighted by molar-refractivity contribution is 5.96. The molecule has 0 heterocycles. The quantitative estimate of drug-likeness (QED) is 0.461. The van der Waals surface area contributed by atoms with Crippen molar-refractivity contribution in [2.75, 3.05) is 29.0 Å². The van der Waals surface area contributed by atoms with E-state index in [1.54, 1.807) is 55.5 Å². The summed E-state index contributed by atoms with van der Waals surface area (Å²) in [6.07, 6.45) is 2.40. The highest BCUT2D eigenvalue weighted by Gasteiger charge is 2.06. The number of hydrogen-bond acceptors (Lipinski definition) is 4. The SMILES string of the molecule is CCCCNC(=O)c1ccc(NCC(=O)Nc2ccc(NC(=O)CC)cc2)cc1. The molecule has 4 N–H and O–H groups in total. The molecule has 0 aliphatic carbocycles. The monoisotopic (exact) mass is 396 g/mol. The van der Waals surface area contributed by atoms with Crippen molar-refractivity contribution < 1.29 is 14.4 Å². The molecule has 2 aromatic rings. The van der Waals surface area contributed by atoms with Crippen molar-refractivity contribution in [3.63, 3.8) is 0 Å². The molecule has 0 aromatic heterocycles. The number of carbonyl (C=O) groups is 3. The minimum atomic E-state index is -0.197. The zero-order valence-corrected chi connectivity index (χ0v) is 16.9. The third-order valence-electron chi connectivity index (χ3n) is 4.19. The van der Waals surface area contributed by atoms with Crippen molar-refractivity contribution in [2.24, 2.45) is 0 Å². The van der Waals surface area contributed by atoms with Crippen LogP contribution >= 0.6 is 0 Å².